The Morgan fingerprint density at radius 3 is 0.932 bits per heavy atom. The zero-order valence-corrected chi connectivity index (χ0v) is 27.9. The molecule has 0 amide bonds. The molecule has 9 rings (SSSR count). The quantitative estimate of drug-likeness (QED) is 0.139. The van der Waals surface area contributed by atoms with Crippen LogP contribution in [0.25, 0.3) is 64.6 Å². The molecule has 0 aliphatic heterocycles. The zero-order chi connectivity index (χ0) is 28.3. The molecule has 0 N–H and O–H groups in total. The molecule has 0 atom stereocenters. The molecule has 0 nitrogen and oxygen atoms in total. The van der Waals surface area contributed by atoms with Crippen LogP contribution in [0.4, 0.5) is 0 Å². The second-order valence-corrected chi connectivity index (χ2v) is 11.2. The van der Waals surface area contributed by atoms with E-state index in [1.54, 1.807) is 0 Å². The molecule has 0 aromatic heterocycles. The van der Waals surface area contributed by atoms with Gasteiger partial charge in [-0.25, -0.2) is 0 Å². The second-order valence-electron chi connectivity index (χ2n) is 10.4. The van der Waals surface area contributed by atoms with E-state index in [0.29, 0.717) is 0 Å². The van der Waals surface area contributed by atoms with E-state index in [9.17, 15) is 0 Å². The van der Waals surface area contributed by atoms with Crippen molar-refractivity contribution < 1.29 is 48.8 Å². The van der Waals surface area contributed by atoms with Gasteiger partial charge in [0, 0.05) is 0 Å². The van der Waals surface area contributed by atoms with Gasteiger partial charge < -0.3 is 24.8 Å². The van der Waals surface area contributed by atoms with E-state index in [-0.39, 0.29) is 24.8 Å². The van der Waals surface area contributed by atoms with E-state index in [1.165, 1.54) is 94.1 Å². The van der Waals surface area contributed by atoms with Crippen molar-refractivity contribution in [3.63, 3.8) is 0 Å². The van der Waals surface area contributed by atoms with Crippen LogP contribution in [0.2, 0.25) is 0 Å². The van der Waals surface area contributed by atoms with Gasteiger partial charge in [-0.3, -0.25) is 0 Å². The van der Waals surface area contributed by atoms with Crippen LogP contribution in [0, 0.1) is 0 Å². The molecule has 210 valence electrons. The molecule has 0 heterocycles. The van der Waals surface area contributed by atoms with Gasteiger partial charge in [-0.1, -0.05) is 129 Å². The second kappa shape index (κ2) is 14.4. The molecule has 0 aliphatic rings. The first-order valence-corrected chi connectivity index (χ1v) is 15.7. The van der Waals surface area contributed by atoms with Crippen LogP contribution >= 0.6 is 0 Å². The van der Waals surface area contributed by atoms with Crippen LogP contribution in [-0.4, -0.2) is 4.37 Å². The first-order valence-electron chi connectivity index (χ1n) is 14.3. The molecule has 0 fully saturated rings. The Kier molecular flexibility index (Phi) is 10.4. The number of hydrogen-bond acceptors (Lipinski definition) is 0. The van der Waals surface area contributed by atoms with Crippen molar-refractivity contribution in [2.75, 3.05) is 0 Å². The van der Waals surface area contributed by atoms with Gasteiger partial charge in [0.05, 0.1) is 0 Å². The standard InChI is InChI=1S/2C17H11.C6H5B.2ClH.Zr/c2*1-3-8-14-12(6-1)13-7-2-4-9-15(13)17-11-5-10-16(14)17;7-6-4-2-1-3-5-6;;;/h2*1-11H;1-5H;2*1H;/q2*-1;;;;+2/p-2. The van der Waals surface area contributed by atoms with Crippen molar-refractivity contribution in [2.24, 2.45) is 0 Å². The maximum atomic E-state index is 2.21. The monoisotopic (exact) mass is 678 g/mol. The largest absolute Gasteiger partial charge is 0.168 e. The number of hydrogen-bond donors (Lipinski definition) is 0. The maximum absolute atomic E-state index is 2.21. The van der Waals surface area contributed by atoms with E-state index in [2.05, 4.69) is 162 Å². The van der Waals surface area contributed by atoms with E-state index >= 15 is 0 Å². The molecule has 0 saturated carbocycles. The minimum absolute atomic E-state index is 0. The molecular weight excluding hydrogens is 653 g/mol. The normalized spacial score (nSPS) is 10.4. The molecular formula is C40H27BCl2Zr-2. The van der Waals surface area contributed by atoms with E-state index in [1.807, 2.05) is 6.07 Å². The van der Waals surface area contributed by atoms with Crippen molar-refractivity contribution in [1.29, 1.82) is 0 Å². The molecule has 9 aromatic carbocycles. The molecule has 0 saturated heterocycles. The zero-order valence-electron chi connectivity index (χ0n) is 23.9. The summed E-state index contributed by atoms with van der Waals surface area (Å²) >= 11 is 1.46. The summed E-state index contributed by atoms with van der Waals surface area (Å²) in [5.41, 5.74) is 1.32. The Labute approximate surface area is 285 Å². The number of halogens is 2. The molecule has 0 bridgehead atoms. The minimum Gasteiger partial charge on any atom is -0.168 e. The Balaban J connectivity index is 0.000000136. The smallest absolute Gasteiger partial charge is 0.0293 e. The van der Waals surface area contributed by atoms with Crippen molar-refractivity contribution in [1.82, 2.24) is 0 Å². The van der Waals surface area contributed by atoms with Crippen LogP contribution < -0.4 is 30.3 Å². The van der Waals surface area contributed by atoms with E-state index in [0.717, 1.165) is 0 Å². The first-order chi connectivity index (χ1) is 20.8. The summed E-state index contributed by atoms with van der Waals surface area (Å²) in [6.45, 7) is 0. The van der Waals surface area contributed by atoms with Crippen LogP contribution in [0.3, 0.4) is 0 Å². The Morgan fingerprint density at radius 2 is 0.614 bits per heavy atom. The fourth-order valence-electron chi connectivity index (χ4n) is 6.14. The number of benzene rings is 7. The van der Waals surface area contributed by atoms with Crippen molar-refractivity contribution >= 4 is 74.5 Å². The van der Waals surface area contributed by atoms with Gasteiger partial charge >= 0.3 is 64.2 Å². The minimum atomic E-state index is 0. The van der Waals surface area contributed by atoms with E-state index < -0.39 is 0 Å². The Hall–Kier alpha value is -3.67. The third-order valence-electron chi connectivity index (χ3n) is 8.05. The predicted octanol–water partition coefficient (Wildman–Crippen LogP) is 4.22. The van der Waals surface area contributed by atoms with Gasteiger partial charge in [-0.15, -0.1) is 33.7 Å². The Morgan fingerprint density at radius 1 is 0.341 bits per heavy atom. The number of rotatable bonds is 1. The summed E-state index contributed by atoms with van der Waals surface area (Å²) in [5, 5.41) is 16.2. The van der Waals surface area contributed by atoms with Crippen molar-refractivity contribution in [2.45, 2.75) is 0 Å². The topological polar surface area (TPSA) is 0 Å². The fraction of sp³-hybridized carbons (Fsp3) is 0. The molecule has 9 aromatic rings. The van der Waals surface area contributed by atoms with Crippen LogP contribution in [0.5, 0.6) is 0 Å². The summed E-state index contributed by atoms with van der Waals surface area (Å²) in [4.78, 5) is 0. The fourth-order valence-corrected chi connectivity index (χ4v) is 6.61. The van der Waals surface area contributed by atoms with Gasteiger partial charge in [-0.05, 0) is 10.8 Å². The summed E-state index contributed by atoms with van der Waals surface area (Å²) in [7, 11) is 0. The van der Waals surface area contributed by atoms with Gasteiger partial charge in [0.15, 0.2) is 0 Å². The number of fused-ring (bicyclic) bond motifs is 12. The maximum Gasteiger partial charge on any atom is -0.0293 e. The molecule has 0 unspecified atom stereocenters. The van der Waals surface area contributed by atoms with E-state index in [4.69, 9.17) is 0 Å². The van der Waals surface area contributed by atoms with Crippen LogP contribution in [0.1, 0.15) is 0 Å². The average molecular weight is 681 g/mol. The molecule has 4 heteroatoms. The summed E-state index contributed by atoms with van der Waals surface area (Å²) in [6.07, 6.45) is 0. The van der Waals surface area contributed by atoms with Crippen LogP contribution in [-0.2, 0) is 24.0 Å². The Bertz CT molecular complexity index is 2050. The predicted molar refractivity (Wildman–Crippen MR) is 181 cm³/mol. The molecule has 0 radical (unpaired) electrons. The van der Waals surface area contributed by atoms with Crippen molar-refractivity contribution in [3.8, 4) is 0 Å². The third-order valence-corrected chi connectivity index (χ3v) is 8.87. The summed E-state index contributed by atoms with van der Waals surface area (Å²) in [5.74, 6) is 0. The van der Waals surface area contributed by atoms with Gasteiger partial charge in [0.2, 0.25) is 0 Å². The molecule has 0 aliphatic carbocycles. The average Bonchev–Trinajstić information content (AvgIpc) is 3.78. The van der Waals surface area contributed by atoms with Crippen LogP contribution in [0.15, 0.2) is 164 Å². The molecule has 0 spiro atoms. The first kappa shape index (κ1) is 31.7. The SMILES string of the molecule is [Cl-].[Cl-].[Zr+2]=[B]c1ccccc1.c1ccc2c(c1)c1ccccc1c1[cH-]ccc21.c1ccc2c(c1)c1ccccc1c1[cH-]ccc21. The van der Waals surface area contributed by atoms with Gasteiger partial charge in [-0.2, -0.15) is 24.3 Å². The van der Waals surface area contributed by atoms with Crippen molar-refractivity contribution in [3.05, 3.63) is 164 Å². The van der Waals surface area contributed by atoms with Gasteiger partial charge in [0.25, 0.3) is 0 Å². The van der Waals surface area contributed by atoms with Gasteiger partial charge in [0.1, 0.15) is 0 Å². The summed E-state index contributed by atoms with van der Waals surface area (Å²) in [6, 6.07) is 58.1. The molecule has 44 heavy (non-hydrogen) atoms. The third kappa shape index (κ3) is 6.00. The summed E-state index contributed by atoms with van der Waals surface area (Å²) < 4.78 is 2.17.